The van der Waals surface area contributed by atoms with E-state index in [1.54, 1.807) is 20.0 Å². The van der Waals surface area contributed by atoms with Crippen LogP contribution in [0.5, 0.6) is 0 Å². The molecule has 2 heterocycles. The summed E-state index contributed by atoms with van der Waals surface area (Å²) in [6, 6.07) is 0.875. The van der Waals surface area contributed by atoms with Crippen molar-refractivity contribution < 1.29 is 13.6 Å². The number of rotatable bonds is 5. The summed E-state index contributed by atoms with van der Waals surface area (Å²) < 4.78 is 19.5. The van der Waals surface area contributed by atoms with Crippen LogP contribution in [0.15, 0.2) is 22.9 Å². The summed E-state index contributed by atoms with van der Waals surface area (Å²) in [4.78, 5) is 20.0. The van der Waals surface area contributed by atoms with Crippen LogP contribution in [0, 0.1) is 12.7 Å². The van der Waals surface area contributed by atoms with E-state index in [-0.39, 0.29) is 11.4 Å². The minimum absolute atomic E-state index is 0.0600. The lowest BCUT2D eigenvalue weighted by molar-refractivity contribution is 0.0929. The molecule has 0 aliphatic rings. The molecule has 0 spiro atoms. The molecule has 6 nitrogen and oxygen atoms in total. The zero-order valence-corrected chi connectivity index (χ0v) is 12.1. The largest absolute Gasteiger partial charge is 0.444 e. The van der Waals surface area contributed by atoms with E-state index in [9.17, 15) is 9.18 Å². The molecule has 0 saturated carbocycles. The second-order valence-corrected chi connectivity index (χ2v) is 4.56. The van der Waals surface area contributed by atoms with Gasteiger partial charge in [-0.25, -0.2) is 14.4 Å². The molecular formula is C14H17FN4O2. The Morgan fingerprint density at radius 3 is 2.86 bits per heavy atom. The minimum atomic E-state index is -0.673. The molecule has 1 amide bonds. The third kappa shape index (κ3) is 3.36. The normalized spacial score (nSPS) is 12.0. The fourth-order valence-electron chi connectivity index (χ4n) is 1.82. The Balaban J connectivity index is 2.15. The van der Waals surface area contributed by atoms with E-state index in [2.05, 4.69) is 20.6 Å². The van der Waals surface area contributed by atoms with E-state index >= 15 is 0 Å². The van der Waals surface area contributed by atoms with E-state index in [0.717, 1.165) is 0 Å². The van der Waals surface area contributed by atoms with Crippen molar-refractivity contribution in [2.24, 2.45) is 0 Å². The molecule has 0 aromatic carbocycles. The predicted molar refractivity (Wildman–Crippen MR) is 75.5 cm³/mol. The number of amides is 1. The van der Waals surface area contributed by atoms with Gasteiger partial charge in [0, 0.05) is 12.7 Å². The number of hydrogen-bond donors (Lipinski definition) is 2. The maximum Gasteiger partial charge on any atom is 0.255 e. The molecule has 2 N–H and O–H groups in total. The van der Waals surface area contributed by atoms with Crippen LogP contribution in [-0.2, 0) is 0 Å². The highest BCUT2D eigenvalue weighted by Gasteiger charge is 2.20. The molecule has 0 saturated heterocycles. The number of oxazole rings is 1. The number of nitrogens with zero attached hydrogens (tertiary/aromatic N) is 2. The number of hydrogen-bond acceptors (Lipinski definition) is 5. The topological polar surface area (TPSA) is 80.0 Å². The molecule has 1 atom stereocenters. The Kier molecular flexibility index (Phi) is 4.52. The number of aromatic nitrogens is 2. The lowest BCUT2D eigenvalue weighted by Crippen LogP contribution is -2.28. The number of carbonyl (C=O) groups is 1. The molecule has 1 unspecified atom stereocenters. The van der Waals surface area contributed by atoms with Crippen molar-refractivity contribution in [2.75, 3.05) is 11.9 Å². The summed E-state index contributed by atoms with van der Waals surface area (Å²) in [5, 5.41) is 5.41. The van der Waals surface area contributed by atoms with Gasteiger partial charge in [0.2, 0.25) is 5.89 Å². The molecule has 2 rings (SSSR count). The average molecular weight is 292 g/mol. The van der Waals surface area contributed by atoms with Crippen LogP contribution in [0.3, 0.4) is 0 Å². The standard InChI is InChI=1S/C14H17FN4O2/c1-4-16-12-11(15)10(5-6-17-12)13(20)19-9(3)14-18-7-8(2)21-14/h5-7,9H,4H2,1-3H3,(H,16,17)(H,19,20). The zero-order chi connectivity index (χ0) is 15.4. The molecule has 112 valence electrons. The average Bonchev–Trinajstić information content (AvgIpc) is 2.88. The van der Waals surface area contributed by atoms with Gasteiger partial charge in [-0.15, -0.1) is 0 Å². The fourth-order valence-corrected chi connectivity index (χ4v) is 1.82. The van der Waals surface area contributed by atoms with Crippen LogP contribution in [0.2, 0.25) is 0 Å². The SMILES string of the molecule is CCNc1nccc(C(=O)NC(C)c2ncc(C)o2)c1F. The van der Waals surface area contributed by atoms with Crippen LogP contribution in [0.25, 0.3) is 0 Å². The van der Waals surface area contributed by atoms with Gasteiger partial charge in [-0.3, -0.25) is 4.79 Å². The van der Waals surface area contributed by atoms with Gasteiger partial charge in [-0.1, -0.05) is 0 Å². The van der Waals surface area contributed by atoms with Gasteiger partial charge < -0.3 is 15.1 Å². The van der Waals surface area contributed by atoms with Crippen LogP contribution < -0.4 is 10.6 Å². The Morgan fingerprint density at radius 1 is 1.48 bits per heavy atom. The molecule has 2 aromatic rings. The van der Waals surface area contributed by atoms with Crippen molar-refractivity contribution in [3.05, 3.63) is 41.5 Å². The summed E-state index contributed by atoms with van der Waals surface area (Å²) >= 11 is 0. The van der Waals surface area contributed by atoms with Gasteiger partial charge in [0.15, 0.2) is 11.6 Å². The Hall–Kier alpha value is -2.44. The Bertz CT molecular complexity index is 642. The first-order valence-electron chi connectivity index (χ1n) is 6.64. The first-order chi connectivity index (χ1) is 10.0. The summed E-state index contributed by atoms with van der Waals surface area (Å²) in [5.41, 5.74) is -0.0731. The van der Waals surface area contributed by atoms with Gasteiger partial charge in [-0.05, 0) is 26.8 Å². The maximum absolute atomic E-state index is 14.1. The molecule has 0 aliphatic heterocycles. The monoisotopic (exact) mass is 292 g/mol. The second-order valence-electron chi connectivity index (χ2n) is 4.56. The lowest BCUT2D eigenvalue weighted by Gasteiger charge is -2.12. The van der Waals surface area contributed by atoms with E-state index in [1.165, 1.54) is 12.3 Å². The predicted octanol–water partition coefficient (Wildman–Crippen LogP) is 2.44. The van der Waals surface area contributed by atoms with E-state index in [4.69, 9.17) is 4.42 Å². The molecule has 7 heteroatoms. The molecule has 0 radical (unpaired) electrons. The van der Waals surface area contributed by atoms with Crippen molar-refractivity contribution in [1.29, 1.82) is 0 Å². The summed E-state index contributed by atoms with van der Waals surface area (Å²) in [5.74, 6) is -0.132. The highest BCUT2D eigenvalue weighted by atomic mass is 19.1. The van der Waals surface area contributed by atoms with Crippen molar-refractivity contribution in [2.45, 2.75) is 26.8 Å². The molecule has 0 bridgehead atoms. The highest BCUT2D eigenvalue weighted by molar-refractivity contribution is 5.95. The highest BCUT2D eigenvalue weighted by Crippen LogP contribution is 2.17. The summed E-state index contributed by atoms with van der Waals surface area (Å²) in [6.45, 7) is 5.81. The van der Waals surface area contributed by atoms with Crippen molar-refractivity contribution in [3.8, 4) is 0 Å². The quantitative estimate of drug-likeness (QED) is 0.884. The van der Waals surface area contributed by atoms with Gasteiger partial charge >= 0.3 is 0 Å². The van der Waals surface area contributed by atoms with Crippen molar-refractivity contribution >= 4 is 11.7 Å². The Labute approximate surface area is 121 Å². The molecule has 0 fully saturated rings. The van der Waals surface area contributed by atoms with E-state index in [1.807, 2.05) is 6.92 Å². The van der Waals surface area contributed by atoms with Gasteiger partial charge in [0.25, 0.3) is 5.91 Å². The smallest absolute Gasteiger partial charge is 0.255 e. The Morgan fingerprint density at radius 2 is 2.24 bits per heavy atom. The number of aryl methyl sites for hydroxylation is 1. The maximum atomic E-state index is 14.1. The fraction of sp³-hybridized carbons (Fsp3) is 0.357. The van der Waals surface area contributed by atoms with Gasteiger partial charge in [0.05, 0.1) is 11.8 Å². The van der Waals surface area contributed by atoms with Gasteiger partial charge in [-0.2, -0.15) is 0 Å². The minimum Gasteiger partial charge on any atom is -0.444 e. The number of nitrogens with one attached hydrogen (secondary N) is 2. The first-order valence-corrected chi connectivity index (χ1v) is 6.64. The van der Waals surface area contributed by atoms with Crippen molar-refractivity contribution in [1.82, 2.24) is 15.3 Å². The third-order valence-electron chi connectivity index (χ3n) is 2.84. The number of pyridine rings is 1. The van der Waals surface area contributed by atoms with Crippen molar-refractivity contribution in [3.63, 3.8) is 0 Å². The summed E-state index contributed by atoms with van der Waals surface area (Å²) in [6.07, 6.45) is 2.95. The molecule has 21 heavy (non-hydrogen) atoms. The number of carbonyl (C=O) groups excluding carboxylic acids is 1. The van der Waals surface area contributed by atoms with Crippen LogP contribution in [-0.4, -0.2) is 22.4 Å². The van der Waals surface area contributed by atoms with Gasteiger partial charge in [0.1, 0.15) is 11.8 Å². The molecule has 0 aliphatic carbocycles. The molecular weight excluding hydrogens is 275 g/mol. The summed E-state index contributed by atoms with van der Waals surface area (Å²) in [7, 11) is 0. The number of anilines is 1. The van der Waals surface area contributed by atoms with Crippen LogP contribution >= 0.6 is 0 Å². The first kappa shape index (κ1) is 15.0. The van der Waals surface area contributed by atoms with Crippen LogP contribution in [0.4, 0.5) is 10.2 Å². The zero-order valence-electron chi connectivity index (χ0n) is 12.1. The van der Waals surface area contributed by atoms with E-state index in [0.29, 0.717) is 18.2 Å². The lowest BCUT2D eigenvalue weighted by atomic mass is 10.2. The number of halogens is 1. The van der Waals surface area contributed by atoms with Crippen LogP contribution in [0.1, 0.15) is 41.9 Å². The third-order valence-corrected chi connectivity index (χ3v) is 2.84. The van der Waals surface area contributed by atoms with E-state index < -0.39 is 17.8 Å². The molecule has 2 aromatic heterocycles. The second kappa shape index (κ2) is 6.34.